The molecule has 0 aliphatic heterocycles. The Kier molecular flexibility index (Phi) is 14.9. The predicted octanol–water partition coefficient (Wildman–Crippen LogP) is -0.212. The van der Waals surface area contributed by atoms with Gasteiger partial charge in [-0.2, -0.15) is 0 Å². The zero-order valence-corrected chi connectivity index (χ0v) is 18.1. The first-order chi connectivity index (χ1) is 14.4. The molecule has 176 valence electrons. The smallest absolute Gasteiger partial charge is 0.246 e. The van der Waals surface area contributed by atoms with E-state index in [0.717, 1.165) is 44.1 Å². The van der Waals surface area contributed by atoms with Crippen LogP contribution >= 0.6 is 0 Å². The summed E-state index contributed by atoms with van der Waals surface area (Å²) in [5.74, 6) is -0.110. The molecular formula is C21H42N4O5. The van der Waals surface area contributed by atoms with Crippen LogP contribution < -0.4 is 21.7 Å². The Labute approximate surface area is 180 Å². The Morgan fingerprint density at radius 1 is 1.03 bits per heavy atom. The third-order valence-corrected chi connectivity index (χ3v) is 5.29. The zero-order chi connectivity index (χ0) is 22.2. The highest BCUT2D eigenvalue weighted by Gasteiger charge is 2.20. The van der Waals surface area contributed by atoms with Gasteiger partial charge in [-0.25, -0.2) is 0 Å². The first kappa shape index (κ1) is 27.0. The molecule has 3 unspecified atom stereocenters. The molecule has 0 aromatic rings. The molecule has 0 aromatic heterocycles. The number of amides is 1. The maximum atomic E-state index is 12.2. The molecule has 0 saturated heterocycles. The average molecular weight is 431 g/mol. The van der Waals surface area contributed by atoms with E-state index in [1.165, 1.54) is 0 Å². The molecule has 9 N–H and O–H groups in total. The molecular weight excluding hydrogens is 388 g/mol. The molecule has 0 radical (unpaired) electrons. The van der Waals surface area contributed by atoms with Gasteiger partial charge in [0.15, 0.2) is 0 Å². The number of hydrogen-bond acceptors (Lipinski definition) is 8. The fourth-order valence-electron chi connectivity index (χ4n) is 3.46. The number of unbranched alkanes of at least 4 members (excludes halogenated alkanes) is 4. The number of carbonyl (C=O) groups excluding carboxylic acids is 1. The van der Waals surface area contributed by atoms with Gasteiger partial charge in [0.25, 0.3) is 0 Å². The summed E-state index contributed by atoms with van der Waals surface area (Å²) in [5.41, 5.74) is 5.97. The highest BCUT2D eigenvalue weighted by atomic mass is 16.3. The highest BCUT2D eigenvalue weighted by Crippen LogP contribution is 2.19. The monoisotopic (exact) mass is 430 g/mol. The summed E-state index contributed by atoms with van der Waals surface area (Å²) in [6.45, 7) is 1.01. The summed E-state index contributed by atoms with van der Waals surface area (Å²) in [7, 11) is 0. The second-order valence-electron chi connectivity index (χ2n) is 8.03. The molecule has 0 saturated carbocycles. The normalized spacial score (nSPS) is 19.8. The second kappa shape index (κ2) is 16.6. The van der Waals surface area contributed by atoms with E-state index in [9.17, 15) is 15.0 Å². The van der Waals surface area contributed by atoms with E-state index in [2.05, 4.69) is 16.0 Å². The van der Waals surface area contributed by atoms with Crippen LogP contribution in [-0.4, -0.2) is 70.8 Å². The van der Waals surface area contributed by atoms with Crippen molar-refractivity contribution in [2.24, 2.45) is 5.73 Å². The molecule has 0 aromatic carbocycles. The van der Waals surface area contributed by atoms with E-state index < -0.39 is 18.7 Å². The van der Waals surface area contributed by atoms with Crippen LogP contribution in [0.3, 0.4) is 0 Å². The minimum absolute atomic E-state index is 0.110. The summed E-state index contributed by atoms with van der Waals surface area (Å²) < 4.78 is 0. The zero-order valence-electron chi connectivity index (χ0n) is 18.1. The average Bonchev–Trinajstić information content (AvgIpc) is 2.70. The predicted molar refractivity (Wildman–Crippen MR) is 116 cm³/mol. The SMILES string of the molecule is NC(O)CCNC(O)CCNC(=O)C1=CC[C@H](NC(O)CCCCCCCO)CC1. The molecule has 0 bridgehead atoms. The van der Waals surface area contributed by atoms with Crippen LogP contribution in [0, 0.1) is 0 Å². The van der Waals surface area contributed by atoms with E-state index in [1.54, 1.807) is 0 Å². The van der Waals surface area contributed by atoms with Gasteiger partial charge in [0, 0.05) is 37.7 Å². The van der Waals surface area contributed by atoms with E-state index >= 15 is 0 Å². The van der Waals surface area contributed by atoms with Crippen LogP contribution in [0.4, 0.5) is 0 Å². The molecule has 0 fully saturated rings. The van der Waals surface area contributed by atoms with Gasteiger partial charge in [-0.05, 0) is 44.9 Å². The lowest BCUT2D eigenvalue weighted by atomic mass is 9.94. The standard InChI is InChI=1S/C21H42N4O5/c22-18(27)11-13-23-19(28)12-14-24-21(30)16-7-9-17(10-8-16)25-20(29)6-4-2-1-3-5-15-26/h7,17-20,23,25-29H,1-6,8-15,22H2,(H,24,30)/t17-,18?,19?,20?/m0/s1. The van der Waals surface area contributed by atoms with Crippen molar-refractivity contribution in [3.8, 4) is 0 Å². The largest absolute Gasteiger partial charge is 0.396 e. The third-order valence-electron chi connectivity index (χ3n) is 5.29. The van der Waals surface area contributed by atoms with Crippen molar-refractivity contribution in [3.63, 3.8) is 0 Å². The summed E-state index contributed by atoms with van der Waals surface area (Å²) in [6, 6.07) is 0.176. The van der Waals surface area contributed by atoms with Gasteiger partial charge in [0.1, 0.15) is 18.7 Å². The van der Waals surface area contributed by atoms with Gasteiger partial charge < -0.3 is 31.5 Å². The molecule has 30 heavy (non-hydrogen) atoms. The number of nitrogens with two attached hydrogens (primary N) is 1. The van der Waals surface area contributed by atoms with E-state index in [0.29, 0.717) is 45.2 Å². The Balaban J connectivity index is 2.14. The van der Waals surface area contributed by atoms with Crippen molar-refractivity contribution < 1.29 is 25.2 Å². The molecule has 1 aliphatic rings. The van der Waals surface area contributed by atoms with E-state index in [4.69, 9.17) is 15.9 Å². The number of carbonyl (C=O) groups is 1. The minimum Gasteiger partial charge on any atom is -0.396 e. The quantitative estimate of drug-likeness (QED) is 0.116. The minimum atomic E-state index is -0.899. The maximum absolute atomic E-state index is 12.2. The first-order valence-corrected chi connectivity index (χ1v) is 11.3. The second-order valence-corrected chi connectivity index (χ2v) is 8.03. The Bertz CT molecular complexity index is 490. The van der Waals surface area contributed by atoms with Crippen molar-refractivity contribution in [1.82, 2.24) is 16.0 Å². The van der Waals surface area contributed by atoms with E-state index in [1.807, 2.05) is 6.08 Å². The molecule has 9 nitrogen and oxygen atoms in total. The van der Waals surface area contributed by atoms with Gasteiger partial charge in [-0.3, -0.25) is 15.4 Å². The molecule has 0 heterocycles. The highest BCUT2D eigenvalue weighted by molar-refractivity contribution is 5.93. The fraction of sp³-hybridized carbons (Fsp3) is 0.857. The number of aliphatic hydroxyl groups excluding tert-OH is 4. The van der Waals surface area contributed by atoms with Crippen molar-refractivity contribution in [3.05, 3.63) is 11.6 Å². The number of aliphatic hydroxyl groups is 4. The van der Waals surface area contributed by atoms with Gasteiger partial charge in [-0.15, -0.1) is 0 Å². The lowest BCUT2D eigenvalue weighted by Gasteiger charge is -2.25. The van der Waals surface area contributed by atoms with Crippen LogP contribution in [0.15, 0.2) is 11.6 Å². The Morgan fingerprint density at radius 3 is 2.43 bits per heavy atom. The fourth-order valence-corrected chi connectivity index (χ4v) is 3.46. The van der Waals surface area contributed by atoms with Gasteiger partial charge in [-0.1, -0.05) is 25.3 Å². The number of hydrogen-bond donors (Lipinski definition) is 8. The van der Waals surface area contributed by atoms with Crippen LogP contribution in [0.1, 0.15) is 70.6 Å². The lowest BCUT2D eigenvalue weighted by molar-refractivity contribution is -0.117. The Hall–Kier alpha value is -1.07. The van der Waals surface area contributed by atoms with Crippen LogP contribution in [0.5, 0.6) is 0 Å². The topological polar surface area (TPSA) is 160 Å². The maximum Gasteiger partial charge on any atom is 0.246 e. The van der Waals surface area contributed by atoms with Gasteiger partial charge in [0.05, 0.1) is 0 Å². The van der Waals surface area contributed by atoms with Crippen molar-refractivity contribution in [2.75, 3.05) is 19.7 Å². The van der Waals surface area contributed by atoms with Crippen LogP contribution in [0.25, 0.3) is 0 Å². The van der Waals surface area contributed by atoms with E-state index in [-0.39, 0.29) is 18.6 Å². The van der Waals surface area contributed by atoms with Gasteiger partial charge in [0.2, 0.25) is 5.91 Å². The first-order valence-electron chi connectivity index (χ1n) is 11.3. The molecule has 0 spiro atoms. The molecule has 1 amide bonds. The van der Waals surface area contributed by atoms with Gasteiger partial charge >= 0.3 is 0 Å². The number of rotatable bonds is 17. The van der Waals surface area contributed by atoms with Crippen LogP contribution in [0.2, 0.25) is 0 Å². The van der Waals surface area contributed by atoms with Crippen molar-refractivity contribution in [1.29, 1.82) is 0 Å². The third kappa shape index (κ3) is 13.3. The molecule has 9 heteroatoms. The molecule has 1 rings (SSSR count). The molecule has 4 atom stereocenters. The summed E-state index contributed by atoms with van der Waals surface area (Å²) >= 11 is 0. The molecule has 1 aliphatic carbocycles. The Morgan fingerprint density at radius 2 is 1.77 bits per heavy atom. The summed E-state index contributed by atoms with van der Waals surface area (Å²) in [5, 5.41) is 46.5. The summed E-state index contributed by atoms with van der Waals surface area (Å²) in [6.07, 6.45) is 8.35. The van der Waals surface area contributed by atoms with Crippen molar-refractivity contribution >= 4 is 5.91 Å². The van der Waals surface area contributed by atoms with Crippen LogP contribution in [-0.2, 0) is 4.79 Å². The lowest BCUT2D eigenvalue weighted by Crippen LogP contribution is -2.40. The number of nitrogens with one attached hydrogen (secondary N) is 3. The summed E-state index contributed by atoms with van der Waals surface area (Å²) in [4.78, 5) is 12.2. The van der Waals surface area contributed by atoms with Crippen molar-refractivity contribution in [2.45, 2.75) is 95.4 Å².